The molecule has 2 heterocycles. The van der Waals surface area contributed by atoms with Crippen LogP contribution in [0.3, 0.4) is 0 Å². The summed E-state index contributed by atoms with van der Waals surface area (Å²) >= 11 is 0.854. The highest BCUT2D eigenvalue weighted by Gasteiger charge is 2.34. The first-order chi connectivity index (χ1) is 7.91. The second-order valence-corrected chi connectivity index (χ2v) is 7.22. The summed E-state index contributed by atoms with van der Waals surface area (Å²) in [5.74, 6) is -0.0798. The van der Waals surface area contributed by atoms with Crippen molar-refractivity contribution >= 4 is 26.5 Å². The Bertz CT molecular complexity index is 501. The van der Waals surface area contributed by atoms with Crippen LogP contribution in [0.4, 0.5) is 5.13 Å². The van der Waals surface area contributed by atoms with Crippen molar-refractivity contribution in [2.24, 2.45) is 5.92 Å². The summed E-state index contributed by atoms with van der Waals surface area (Å²) in [5, 5.41) is 16.8. The van der Waals surface area contributed by atoms with Gasteiger partial charge >= 0.3 is 0 Å². The highest BCUT2D eigenvalue weighted by Crippen LogP contribution is 2.26. The molecule has 1 aliphatic rings. The number of hydrogen-bond acceptors (Lipinski definition) is 7. The first-order valence-electron chi connectivity index (χ1n) is 5.18. The fourth-order valence-electron chi connectivity index (χ4n) is 1.75. The Morgan fingerprint density at radius 2 is 2.24 bits per heavy atom. The maximum atomic E-state index is 12.1. The Kier molecular flexibility index (Phi) is 3.34. The van der Waals surface area contributed by atoms with Crippen LogP contribution in [-0.4, -0.2) is 47.2 Å². The van der Waals surface area contributed by atoms with Gasteiger partial charge in [-0.25, -0.2) is 8.42 Å². The predicted molar refractivity (Wildman–Crippen MR) is 62.9 cm³/mol. The van der Waals surface area contributed by atoms with Gasteiger partial charge in [0.05, 0.1) is 6.10 Å². The van der Waals surface area contributed by atoms with Crippen LogP contribution in [-0.2, 0) is 10.0 Å². The molecule has 0 amide bonds. The molecule has 9 heteroatoms. The lowest BCUT2D eigenvalue weighted by Gasteiger charge is -2.32. The van der Waals surface area contributed by atoms with E-state index in [4.69, 9.17) is 5.73 Å². The molecule has 2 rings (SSSR count). The number of sulfonamides is 1. The molecule has 2 atom stereocenters. The number of hydrogen-bond donors (Lipinski definition) is 2. The van der Waals surface area contributed by atoms with Crippen molar-refractivity contribution in [3.8, 4) is 0 Å². The molecule has 1 aromatic heterocycles. The Hall–Kier alpha value is -0.770. The van der Waals surface area contributed by atoms with Crippen LogP contribution < -0.4 is 5.73 Å². The smallest absolute Gasteiger partial charge is 0.272 e. The second kappa shape index (κ2) is 4.48. The molecule has 17 heavy (non-hydrogen) atoms. The minimum absolute atomic E-state index is 0.0798. The molecule has 7 nitrogen and oxygen atoms in total. The van der Waals surface area contributed by atoms with Gasteiger partial charge < -0.3 is 10.8 Å². The average Bonchev–Trinajstić information content (AvgIpc) is 2.69. The van der Waals surface area contributed by atoms with Gasteiger partial charge in [-0.2, -0.15) is 4.31 Å². The molecule has 96 valence electrons. The Morgan fingerprint density at radius 1 is 1.53 bits per heavy atom. The van der Waals surface area contributed by atoms with E-state index in [0.29, 0.717) is 19.5 Å². The molecule has 1 aliphatic heterocycles. The first kappa shape index (κ1) is 12.7. The molecule has 1 fully saturated rings. The number of aliphatic hydroxyl groups excluding tert-OH is 1. The lowest BCUT2D eigenvalue weighted by atomic mass is 9.99. The number of piperidine rings is 1. The zero-order valence-electron chi connectivity index (χ0n) is 9.28. The molecule has 1 saturated heterocycles. The summed E-state index contributed by atoms with van der Waals surface area (Å²) in [7, 11) is -3.61. The maximum Gasteiger partial charge on any atom is 0.272 e. The van der Waals surface area contributed by atoms with E-state index >= 15 is 0 Å². The van der Waals surface area contributed by atoms with Gasteiger partial charge in [0.15, 0.2) is 0 Å². The molecular weight excluding hydrogens is 264 g/mol. The molecule has 0 saturated carbocycles. The van der Waals surface area contributed by atoms with Gasteiger partial charge in [0, 0.05) is 13.1 Å². The van der Waals surface area contributed by atoms with Crippen molar-refractivity contribution in [1.29, 1.82) is 0 Å². The van der Waals surface area contributed by atoms with Crippen LogP contribution in [0.1, 0.15) is 13.3 Å². The van der Waals surface area contributed by atoms with E-state index in [2.05, 4.69) is 10.2 Å². The molecule has 2 unspecified atom stereocenters. The molecule has 0 radical (unpaired) electrons. The van der Waals surface area contributed by atoms with Crippen molar-refractivity contribution in [2.75, 3.05) is 18.8 Å². The van der Waals surface area contributed by atoms with Gasteiger partial charge in [-0.05, 0) is 12.3 Å². The Labute approximate surface area is 103 Å². The van der Waals surface area contributed by atoms with Gasteiger partial charge in [0.1, 0.15) is 0 Å². The van der Waals surface area contributed by atoms with Gasteiger partial charge in [0.2, 0.25) is 9.47 Å². The van der Waals surface area contributed by atoms with Crippen molar-refractivity contribution < 1.29 is 13.5 Å². The number of anilines is 1. The minimum Gasteiger partial charge on any atom is -0.393 e. The summed E-state index contributed by atoms with van der Waals surface area (Å²) in [5.41, 5.74) is 5.38. The van der Waals surface area contributed by atoms with Crippen LogP contribution >= 0.6 is 11.3 Å². The summed E-state index contributed by atoms with van der Waals surface area (Å²) in [6.45, 7) is 2.41. The number of nitrogens with two attached hydrogens (primary N) is 1. The lowest BCUT2D eigenvalue weighted by molar-refractivity contribution is 0.0628. The zero-order valence-corrected chi connectivity index (χ0v) is 10.9. The van der Waals surface area contributed by atoms with E-state index < -0.39 is 16.1 Å². The molecule has 3 N–H and O–H groups in total. The van der Waals surface area contributed by atoms with E-state index in [-0.39, 0.29) is 15.4 Å². The fourth-order valence-corrected chi connectivity index (χ4v) is 4.23. The molecule has 0 bridgehead atoms. The Balaban J connectivity index is 2.22. The number of aromatic nitrogens is 2. The van der Waals surface area contributed by atoms with Crippen LogP contribution in [0.15, 0.2) is 4.34 Å². The van der Waals surface area contributed by atoms with E-state index in [1.165, 1.54) is 4.31 Å². The molecule has 0 aromatic carbocycles. The predicted octanol–water partition coefficient (Wildman–Crippen LogP) is -0.488. The van der Waals surface area contributed by atoms with Gasteiger partial charge in [-0.1, -0.05) is 18.3 Å². The number of nitrogen functional groups attached to an aromatic ring is 1. The van der Waals surface area contributed by atoms with Crippen LogP contribution in [0.5, 0.6) is 0 Å². The topological polar surface area (TPSA) is 109 Å². The normalized spacial score (nSPS) is 27.2. The third-order valence-electron chi connectivity index (χ3n) is 2.81. The molecular formula is C8H14N4O3S2. The Morgan fingerprint density at radius 3 is 2.76 bits per heavy atom. The minimum atomic E-state index is -3.61. The SMILES string of the molecule is CC1CN(S(=O)(=O)c2nnc(N)s2)CCC1O. The molecule has 0 aliphatic carbocycles. The molecule has 1 aromatic rings. The maximum absolute atomic E-state index is 12.1. The first-order valence-corrected chi connectivity index (χ1v) is 7.44. The van der Waals surface area contributed by atoms with Crippen molar-refractivity contribution in [3.05, 3.63) is 0 Å². The number of rotatable bonds is 2. The van der Waals surface area contributed by atoms with Gasteiger partial charge in [-0.3, -0.25) is 0 Å². The standard InChI is InChI=1S/C8H14N4O3S2/c1-5-4-12(3-2-6(5)13)17(14,15)8-11-10-7(9)16-8/h5-6,13H,2-4H2,1H3,(H2,9,10). The highest BCUT2D eigenvalue weighted by molar-refractivity contribution is 7.91. The van der Waals surface area contributed by atoms with Gasteiger partial charge in [0.25, 0.3) is 10.0 Å². The fraction of sp³-hybridized carbons (Fsp3) is 0.750. The molecule has 0 spiro atoms. The zero-order chi connectivity index (χ0) is 12.6. The third-order valence-corrected chi connectivity index (χ3v) is 5.77. The van der Waals surface area contributed by atoms with E-state index in [9.17, 15) is 13.5 Å². The van der Waals surface area contributed by atoms with Crippen molar-refractivity contribution in [1.82, 2.24) is 14.5 Å². The second-order valence-electron chi connectivity index (χ2n) is 4.10. The lowest BCUT2D eigenvalue weighted by Crippen LogP contribution is -2.44. The third kappa shape index (κ3) is 2.41. The average molecular weight is 278 g/mol. The van der Waals surface area contributed by atoms with Crippen LogP contribution in [0.2, 0.25) is 0 Å². The van der Waals surface area contributed by atoms with Crippen molar-refractivity contribution in [2.45, 2.75) is 23.8 Å². The van der Waals surface area contributed by atoms with Gasteiger partial charge in [-0.15, -0.1) is 10.2 Å². The van der Waals surface area contributed by atoms with E-state index in [1.54, 1.807) is 0 Å². The van der Waals surface area contributed by atoms with Crippen molar-refractivity contribution in [3.63, 3.8) is 0 Å². The summed E-state index contributed by atoms with van der Waals surface area (Å²) < 4.78 is 25.5. The summed E-state index contributed by atoms with van der Waals surface area (Å²) in [6.07, 6.45) is -0.00441. The highest BCUT2D eigenvalue weighted by atomic mass is 32.2. The van der Waals surface area contributed by atoms with Crippen LogP contribution in [0.25, 0.3) is 0 Å². The van der Waals surface area contributed by atoms with E-state index in [0.717, 1.165) is 11.3 Å². The summed E-state index contributed by atoms with van der Waals surface area (Å²) in [6, 6.07) is 0. The van der Waals surface area contributed by atoms with E-state index in [1.807, 2.05) is 6.92 Å². The number of aliphatic hydroxyl groups is 1. The quantitative estimate of drug-likeness (QED) is 0.755. The largest absolute Gasteiger partial charge is 0.393 e. The van der Waals surface area contributed by atoms with Crippen LogP contribution in [0, 0.1) is 5.92 Å². The summed E-state index contributed by atoms with van der Waals surface area (Å²) in [4.78, 5) is 0. The number of nitrogens with zero attached hydrogens (tertiary/aromatic N) is 3. The monoisotopic (exact) mass is 278 g/mol.